The van der Waals surface area contributed by atoms with Crippen molar-refractivity contribution in [2.45, 2.75) is 12.4 Å². The average Bonchev–Trinajstić information content (AvgIpc) is 2.67. The standard InChI is InChI=1S/C11H13F3N2O.C7H3F4NO2/c12-11(13,14)9-7-8(15)1-2-10(9)16-3-5-17-6-4-16;8-6-2-1-4(12(13)14)3-5(6)7(9,10)11/h1-2,7H,3-6,15H2;1-3H. The van der Waals surface area contributed by atoms with Crippen molar-refractivity contribution in [3.8, 4) is 0 Å². The Morgan fingerprint density at radius 2 is 1.52 bits per heavy atom. The lowest BCUT2D eigenvalue weighted by Gasteiger charge is -2.31. The fourth-order valence-electron chi connectivity index (χ4n) is 2.70. The number of morpholine rings is 1. The first-order valence-corrected chi connectivity index (χ1v) is 8.61. The van der Waals surface area contributed by atoms with Gasteiger partial charge in [0.1, 0.15) is 5.82 Å². The molecule has 2 aromatic rings. The van der Waals surface area contributed by atoms with Gasteiger partial charge in [0.05, 0.1) is 29.3 Å². The topological polar surface area (TPSA) is 81.6 Å². The molecule has 3 rings (SSSR count). The molecule has 2 aromatic carbocycles. The van der Waals surface area contributed by atoms with E-state index in [1.54, 1.807) is 4.90 Å². The van der Waals surface area contributed by atoms with Gasteiger partial charge in [-0.25, -0.2) is 4.39 Å². The van der Waals surface area contributed by atoms with E-state index in [1.165, 1.54) is 12.1 Å². The average molecular weight is 455 g/mol. The minimum Gasteiger partial charge on any atom is -0.399 e. The first kappa shape index (κ1) is 24.2. The zero-order chi connectivity index (χ0) is 23.4. The number of rotatable bonds is 2. The number of hydrogen-bond acceptors (Lipinski definition) is 5. The summed E-state index contributed by atoms with van der Waals surface area (Å²) in [6.45, 7) is 1.82. The lowest BCUT2D eigenvalue weighted by Crippen LogP contribution is -2.37. The first-order valence-electron chi connectivity index (χ1n) is 8.61. The molecule has 1 heterocycles. The molecule has 0 amide bonds. The molecule has 0 radical (unpaired) electrons. The maximum atomic E-state index is 12.9. The number of anilines is 2. The summed E-state index contributed by atoms with van der Waals surface area (Å²) in [6.07, 6.45) is -9.31. The molecule has 1 fully saturated rings. The molecule has 1 aliphatic heterocycles. The van der Waals surface area contributed by atoms with Gasteiger partial charge < -0.3 is 15.4 Å². The van der Waals surface area contributed by atoms with Gasteiger partial charge >= 0.3 is 12.4 Å². The summed E-state index contributed by atoms with van der Waals surface area (Å²) in [4.78, 5) is 10.8. The maximum absolute atomic E-state index is 12.9. The van der Waals surface area contributed by atoms with E-state index in [0.717, 1.165) is 6.07 Å². The molecular weight excluding hydrogens is 439 g/mol. The molecule has 31 heavy (non-hydrogen) atoms. The summed E-state index contributed by atoms with van der Waals surface area (Å²) in [7, 11) is 0. The Hall–Kier alpha value is -3.09. The van der Waals surface area contributed by atoms with Crippen LogP contribution in [0.3, 0.4) is 0 Å². The summed E-state index contributed by atoms with van der Waals surface area (Å²) in [6, 6.07) is 5.13. The number of hydrogen-bond donors (Lipinski definition) is 1. The Morgan fingerprint density at radius 3 is 2.03 bits per heavy atom. The zero-order valence-electron chi connectivity index (χ0n) is 15.6. The fourth-order valence-corrected chi connectivity index (χ4v) is 2.70. The van der Waals surface area contributed by atoms with Crippen LogP contribution in [0.1, 0.15) is 11.1 Å². The summed E-state index contributed by atoms with van der Waals surface area (Å²) in [5.74, 6) is -1.52. The molecule has 0 saturated carbocycles. The van der Waals surface area contributed by atoms with Crippen molar-refractivity contribution in [2.24, 2.45) is 0 Å². The monoisotopic (exact) mass is 455 g/mol. The number of ether oxygens (including phenoxy) is 1. The van der Waals surface area contributed by atoms with Gasteiger partial charge in [-0.3, -0.25) is 10.1 Å². The molecular formula is C18H16F7N3O3. The molecule has 0 aliphatic carbocycles. The van der Waals surface area contributed by atoms with E-state index >= 15 is 0 Å². The van der Waals surface area contributed by atoms with E-state index in [-0.39, 0.29) is 17.4 Å². The molecule has 0 aromatic heterocycles. The Balaban J connectivity index is 0.000000225. The number of nitrogens with zero attached hydrogens (tertiary/aromatic N) is 2. The number of nitro groups is 1. The number of benzene rings is 2. The van der Waals surface area contributed by atoms with E-state index in [1.807, 2.05) is 0 Å². The highest BCUT2D eigenvalue weighted by Crippen LogP contribution is 2.38. The first-order chi connectivity index (χ1) is 14.3. The van der Waals surface area contributed by atoms with Gasteiger partial charge in [-0.1, -0.05) is 0 Å². The van der Waals surface area contributed by atoms with Gasteiger partial charge in [0.25, 0.3) is 5.69 Å². The Morgan fingerprint density at radius 1 is 0.935 bits per heavy atom. The molecule has 1 saturated heterocycles. The van der Waals surface area contributed by atoms with Crippen molar-refractivity contribution in [3.63, 3.8) is 0 Å². The third kappa shape index (κ3) is 6.44. The molecule has 0 atom stereocenters. The van der Waals surface area contributed by atoms with E-state index < -0.39 is 39.9 Å². The van der Waals surface area contributed by atoms with Crippen LogP contribution in [0.5, 0.6) is 0 Å². The van der Waals surface area contributed by atoms with Crippen molar-refractivity contribution in [1.29, 1.82) is 0 Å². The lowest BCUT2D eigenvalue weighted by atomic mass is 10.1. The van der Waals surface area contributed by atoms with E-state index in [4.69, 9.17) is 10.5 Å². The normalized spacial score (nSPS) is 14.6. The number of nitrogen functional groups attached to an aromatic ring is 1. The van der Waals surface area contributed by atoms with Crippen LogP contribution in [0.4, 0.5) is 47.8 Å². The van der Waals surface area contributed by atoms with Gasteiger partial charge in [0, 0.05) is 36.6 Å². The largest absolute Gasteiger partial charge is 0.419 e. The highest BCUT2D eigenvalue weighted by molar-refractivity contribution is 5.61. The second-order valence-corrected chi connectivity index (χ2v) is 6.29. The minimum atomic E-state index is -4.92. The predicted octanol–water partition coefficient (Wildman–Crippen LogP) is 4.88. The summed E-state index contributed by atoms with van der Waals surface area (Å²) in [5, 5.41) is 10.1. The zero-order valence-corrected chi connectivity index (χ0v) is 15.6. The lowest BCUT2D eigenvalue weighted by molar-refractivity contribution is -0.385. The van der Waals surface area contributed by atoms with Crippen LogP contribution < -0.4 is 10.6 Å². The Labute approximate surface area is 171 Å². The summed E-state index contributed by atoms with van der Waals surface area (Å²) >= 11 is 0. The van der Waals surface area contributed by atoms with Gasteiger partial charge in [-0.2, -0.15) is 26.3 Å². The Kier molecular flexibility index (Phi) is 7.31. The number of nitrogens with two attached hydrogens (primary N) is 1. The third-order valence-corrected chi connectivity index (χ3v) is 4.14. The molecule has 2 N–H and O–H groups in total. The smallest absolute Gasteiger partial charge is 0.399 e. The second kappa shape index (κ2) is 9.37. The van der Waals surface area contributed by atoms with Crippen molar-refractivity contribution >= 4 is 17.1 Å². The van der Waals surface area contributed by atoms with Gasteiger partial charge in [0.2, 0.25) is 0 Å². The van der Waals surface area contributed by atoms with Crippen LogP contribution in [0.15, 0.2) is 36.4 Å². The van der Waals surface area contributed by atoms with Crippen LogP contribution in [-0.4, -0.2) is 31.2 Å². The van der Waals surface area contributed by atoms with Crippen LogP contribution in [-0.2, 0) is 17.1 Å². The second-order valence-electron chi connectivity index (χ2n) is 6.29. The SMILES string of the molecule is Nc1ccc(N2CCOCC2)c(C(F)(F)F)c1.O=[N+]([O-])c1ccc(F)c(C(F)(F)F)c1. The van der Waals surface area contributed by atoms with Crippen molar-refractivity contribution in [3.05, 3.63) is 63.5 Å². The van der Waals surface area contributed by atoms with E-state index in [2.05, 4.69) is 0 Å². The number of non-ortho nitro benzene ring substituents is 1. The highest BCUT2D eigenvalue weighted by atomic mass is 19.4. The molecule has 0 bridgehead atoms. The van der Waals surface area contributed by atoms with Gasteiger partial charge in [-0.15, -0.1) is 0 Å². The number of alkyl halides is 6. The van der Waals surface area contributed by atoms with Crippen molar-refractivity contribution < 1.29 is 40.4 Å². The fraction of sp³-hybridized carbons (Fsp3) is 0.333. The maximum Gasteiger partial charge on any atom is 0.419 e. The highest BCUT2D eigenvalue weighted by Gasteiger charge is 2.36. The van der Waals surface area contributed by atoms with Gasteiger partial charge in [0.15, 0.2) is 0 Å². The van der Waals surface area contributed by atoms with Crippen LogP contribution in [0.2, 0.25) is 0 Å². The van der Waals surface area contributed by atoms with Crippen LogP contribution in [0.25, 0.3) is 0 Å². The number of halogens is 7. The summed E-state index contributed by atoms with van der Waals surface area (Å²) in [5.41, 5.74) is 2.60. The molecule has 0 unspecified atom stereocenters. The molecule has 170 valence electrons. The molecule has 6 nitrogen and oxygen atoms in total. The van der Waals surface area contributed by atoms with Crippen molar-refractivity contribution in [2.75, 3.05) is 36.9 Å². The summed E-state index contributed by atoms with van der Waals surface area (Å²) < 4.78 is 92.4. The Bertz CT molecular complexity index is 927. The van der Waals surface area contributed by atoms with E-state index in [0.29, 0.717) is 38.4 Å². The molecule has 1 aliphatic rings. The van der Waals surface area contributed by atoms with Crippen LogP contribution in [0, 0.1) is 15.9 Å². The van der Waals surface area contributed by atoms with Crippen LogP contribution >= 0.6 is 0 Å². The van der Waals surface area contributed by atoms with Gasteiger partial charge in [-0.05, 0) is 24.3 Å². The molecule has 0 spiro atoms. The quantitative estimate of drug-likeness (QED) is 0.302. The minimum absolute atomic E-state index is 0.120. The molecule has 13 heteroatoms. The third-order valence-electron chi connectivity index (χ3n) is 4.14. The predicted molar refractivity (Wildman–Crippen MR) is 96.9 cm³/mol. The number of nitro benzene ring substituents is 1. The van der Waals surface area contributed by atoms with Crippen molar-refractivity contribution in [1.82, 2.24) is 0 Å². The van der Waals surface area contributed by atoms with E-state index in [9.17, 15) is 40.8 Å².